The highest BCUT2D eigenvalue weighted by Crippen LogP contribution is 2.46. The number of carboxylic acid groups (broad SMARTS) is 1. The summed E-state index contributed by atoms with van der Waals surface area (Å²) in [5.41, 5.74) is -0.459. The highest BCUT2D eigenvalue weighted by Gasteiger charge is 2.50. The highest BCUT2D eigenvalue weighted by molar-refractivity contribution is 5.89. The van der Waals surface area contributed by atoms with Crippen molar-refractivity contribution in [1.82, 2.24) is 5.32 Å². The second kappa shape index (κ2) is 4.61. The molecular formula is C10H17NO4. The van der Waals surface area contributed by atoms with Crippen LogP contribution in [0.2, 0.25) is 0 Å². The number of carboxylic acids is 1. The zero-order valence-corrected chi connectivity index (χ0v) is 9.08. The number of ether oxygens (including phenoxy) is 1. The van der Waals surface area contributed by atoms with E-state index < -0.39 is 17.4 Å². The number of aliphatic carboxylic acids is 1. The summed E-state index contributed by atoms with van der Waals surface area (Å²) in [6, 6.07) is -0.836. The molecule has 86 valence electrons. The Kier molecular flexibility index (Phi) is 3.68. The molecule has 0 aromatic rings. The van der Waals surface area contributed by atoms with Gasteiger partial charge in [-0.15, -0.1) is 0 Å². The zero-order valence-electron chi connectivity index (χ0n) is 9.08. The summed E-state index contributed by atoms with van der Waals surface area (Å²) >= 11 is 0. The summed E-state index contributed by atoms with van der Waals surface area (Å²) in [6.07, 6.45) is 1.57. The van der Waals surface area contributed by atoms with Gasteiger partial charge in [-0.1, -0.05) is 0 Å². The minimum absolute atomic E-state index is 0.203. The molecule has 1 saturated carbocycles. The number of nitrogens with one attached hydrogen (secondary N) is 1. The van der Waals surface area contributed by atoms with E-state index in [1.165, 1.54) is 6.92 Å². The van der Waals surface area contributed by atoms with E-state index in [9.17, 15) is 9.59 Å². The summed E-state index contributed by atoms with van der Waals surface area (Å²) in [5.74, 6) is -1.22. The molecule has 0 bridgehead atoms. The van der Waals surface area contributed by atoms with E-state index in [1.807, 2.05) is 6.92 Å². The van der Waals surface area contributed by atoms with Crippen LogP contribution in [0, 0.1) is 5.41 Å². The third kappa shape index (κ3) is 2.92. The first-order chi connectivity index (χ1) is 7.02. The van der Waals surface area contributed by atoms with Crippen LogP contribution in [0.5, 0.6) is 0 Å². The van der Waals surface area contributed by atoms with Crippen molar-refractivity contribution in [2.75, 3.05) is 13.2 Å². The van der Waals surface area contributed by atoms with Crippen LogP contribution in [0.1, 0.15) is 26.7 Å². The summed E-state index contributed by atoms with van der Waals surface area (Å²) in [6.45, 7) is 4.29. The molecular weight excluding hydrogens is 198 g/mol. The van der Waals surface area contributed by atoms with Gasteiger partial charge in [-0.25, -0.2) is 0 Å². The van der Waals surface area contributed by atoms with Crippen LogP contribution in [0.15, 0.2) is 0 Å². The Bertz CT molecular complexity index is 260. The molecule has 0 heterocycles. The van der Waals surface area contributed by atoms with E-state index in [0.717, 1.165) is 12.8 Å². The Morgan fingerprint density at radius 2 is 2.13 bits per heavy atom. The molecule has 2 N–H and O–H groups in total. The van der Waals surface area contributed by atoms with Crippen LogP contribution < -0.4 is 5.32 Å². The fourth-order valence-corrected chi connectivity index (χ4v) is 1.30. The molecule has 0 spiro atoms. The predicted molar refractivity (Wildman–Crippen MR) is 53.4 cm³/mol. The van der Waals surface area contributed by atoms with Gasteiger partial charge in [-0.05, 0) is 26.7 Å². The Morgan fingerprint density at radius 3 is 2.53 bits per heavy atom. The van der Waals surface area contributed by atoms with Gasteiger partial charge < -0.3 is 15.2 Å². The topological polar surface area (TPSA) is 75.6 Å². The van der Waals surface area contributed by atoms with E-state index in [1.54, 1.807) is 0 Å². The van der Waals surface area contributed by atoms with Crippen molar-refractivity contribution in [3.8, 4) is 0 Å². The average Bonchev–Trinajstić information content (AvgIpc) is 2.95. The van der Waals surface area contributed by atoms with Gasteiger partial charge in [0.1, 0.15) is 6.04 Å². The fraction of sp³-hybridized carbons (Fsp3) is 0.800. The quantitative estimate of drug-likeness (QED) is 0.672. The number of hydrogen-bond donors (Lipinski definition) is 2. The maximum Gasteiger partial charge on any atom is 0.325 e. The second-order valence-corrected chi connectivity index (χ2v) is 3.95. The SMILES string of the molecule is CCOCC1(C(=O)N[C@H](C)C(=O)O)CC1. The van der Waals surface area contributed by atoms with Crippen LogP contribution in [-0.2, 0) is 14.3 Å². The van der Waals surface area contributed by atoms with Crippen LogP contribution in [-0.4, -0.2) is 36.2 Å². The van der Waals surface area contributed by atoms with E-state index in [-0.39, 0.29) is 5.91 Å². The lowest BCUT2D eigenvalue weighted by molar-refractivity contribution is -0.142. The molecule has 15 heavy (non-hydrogen) atoms. The van der Waals surface area contributed by atoms with Crippen molar-refractivity contribution in [2.45, 2.75) is 32.7 Å². The molecule has 1 rings (SSSR count). The molecule has 1 amide bonds. The predicted octanol–water partition coefficient (Wildman–Crippen LogP) is 0.392. The molecule has 0 unspecified atom stereocenters. The van der Waals surface area contributed by atoms with Gasteiger partial charge in [0.25, 0.3) is 0 Å². The van der Waals surface area contributed by atoms with Gasteiger partial charge in [0.05, 0.1) is 12.0 Å². The molecule has 0 aliphatic heterocycles. The molecule has 1 aliphatic rings. The Hall–Kier alpha value is -1.10. The summed E-state index contributed by atoms with van der Waals surface area (Å²) in [5, 5.41) is 11.1. The largest absolute Gasteiger partial charge is 0.480 e. The normalized spacial score (nSPS) is 19.3. The molecule has 5 heteroatoms. The molecule has 0 radical (unpaired) electrons. The fourth-order valence-electron chi connectivity index (χ4n) is 1.30. The number of carbonyl (C=O) groups is 2. The van der Waals surface area contributed by atoms with E-state index >= 15 is 0 Å². The summed E-state index contributed by atoms with van der Waals surface area (Å²) in [7, 11) is 0. The smallest absolute Gasteiger partial charge is 0.325 e. The molecule has 0 aromatic carbocycles. The molecule has 0 saturated heterocycles. The Balaban J connectivity index is 2.43. The van der Waals surface area contributed by atoms with Gasteiger partial charge in [0.2, 0.25) is 5.91 Å². The summed E-state index contributed by atoms with van der Waals surface area (Å²) < 4.78 is 5.22. The Labute approximate surface area is 88.8 Å². The maximum atomic E-state index is 11.7. The number of amides is 1. The molecule has 1 fully saturated rings. The van der Waals surface area contributed by atoms with E-state index in [2.05, 4.69) is 5.32 Å². The van der Waals surface area contributed by atoms with Crippen LogP contribution in [0.25, 0.3) is 0 Å². The monoisotopic (exact) mass is 215 g/mol. The van der Waals surface area contributed by atoms with Crippen molar-refractivity contribution in [2.24, 2.45) is 5.41 Å². The van der Waals surface area contributed by atoms with Crippen molar-refractivity contribution >= 4 is 11.9 Å². The van der Waals surface area contributed by atoms with Gasteiger partial charge in [0.15, 0.2) is 0 Å². The van der Waals surface area contributed by atoms with Gasteiger partial charge in [-0.3, -0.25) is 9.59 Å². The first-order valence-electron chi connectivity index (χ1n) is 5.13. The van der Waals surface area contributed by atoms with Gasteiger partial charge >= 0.3 is 5.97 Å². The first kappa shape index (κ1) is 12.0. The van der Waals surface area contributed by atoms with Crippen molar-refractivity contribution < 1.29 is 19.4 Å². The minimum Gasteiger partial charge on any atom is -0.480 e. The zero-order chi connectivity index (χ0) is 11.5. The minimum atomic E-state index is -1.02. The van der Waals surface area contributed by atoms with Crippen LogP contribution >= 0.6 is 0 Å². The lowest BCUT2D eigenvalue weighted by Crippen LogP contribution is -2.43. The Morgan fingerprint density at radius 1 is 1.53 bits per heavy atom. The van der Waals surface area contributed by atoms with Crippen molar-refractivity contribution in [1.29, 1.82) is 0 Å². The first-order valence-corrected chi connectivity index (χ1v) is 5.13. The third-order valence-corrected chi connectivity index (χ3v) is 2.64. The average molecular weight is 215 g/mol. The molecule has 5 nitrogen and oxygen atoms in total. The van der Waals surface area contributed by atoms with Gasteiger partial charge in [-0.2, -0.15) is 0 Å². The maximum absolute atomic E-state index is 11.7. The highest BCUT2D eigenvalue weighted by atomic mass is 16.5. The van der Waals surface area contributed by atoms with Gasteiger partial charge in [0, 0.05) is 6.61 Å². The van der Waals surface area contributed by atoms with Crippen LogP contribution in [0.4, 0.5) is 0 Å². The lowest BCUT2D eigenvalue weighted by Gasteiger charge is -2.17. The van der Waals surface area contributed by atoms with E-state index in [4.69, 9.17) is 9.84 Å². The number of carbonyl (C=O) groups excluding carboxylic acids is 1. The molecule has 1 aliphatic carbocycles. The standard InChI is InChI=1S/C10H17NO4/c1-3-15-6-10(4-5-10)9(14)11-7(2)8(12)13/h7H,3-6H2,1-2H3,(H,11,14)(H,12,13)/t7-/m1/s1. The van der Waals surface area contributed by atoms with Crippen molar-refractivity contribution in [3.05, 3.63) is 0 Å². The van der Waals surface area contributed by atoms with Crippen LogP contribution in [0.3, 0.4) is 0 Å². The molecule has 0 aromatic heterocycles. The van der Waals surface area contributed by atoms with E-state index in [0.29, 0.717) is 13.2 Å². The third-order valence-electron chi connectivity index (χ3n) is 2.64. The summed E-state index contributed by atoms with van der Waals surface area (Å²) in [4.78, 5) is 22.2. The number of hydrogen-bond acceptors (Lipinski definition) is 3. The lowest BCUT2D eigenvalue weighted by atomic mass is 10.1. The second-order valence-electron chi connectivity index (χ2n) is 3.95. The molecule has 1 atom stereocenters. The number of rotatable bonds is 6. The van der Waals surface area contributed by atoms with Crippen molar-refractivity contribution in [3.63, 3.8) is 0 Å².